The predicted octanol–water partition coefficient (Wildman–Crippen LogP) is 5.08. The summed E-state index contributed by atoms with van der Waals surface area (Å²) in [6, 6.07) is 16.6. The number of fused-ring (bicyclic) bond motifs is 1. The summed E-state index contributed by atoms with van der Waals surface area (Å²) >= 11 is 0. The third-order valence-electron chi connectivity index (χ3n) is 5.36. The number of hydrogen-bond donors (Lipinski definition) is 1. The van der Waals surface area contributed by atoms with Crippen molar-refractivity contribution in [3.8, 4) is 5.75 Å². The summed E-state index contributed by atoms with van der Waals surface area (Å²) in [6.45, 7) is 9.79. The molecule has 0 aliphatic heterocycles. The maximum absolute atomic E-state index is 11.7. The van der Waals surface area contributed by atoms with Crippen LogP contribution in [0.3, 0.4) is 0 Å². The van der Waals surface area contributed by atoms with Crippen molar-refractivity contribution in [2.45, 2.75) is 52.5 Å². The molecule has 0 aliphatic rings. The molecule has 1 aromatic heterocycles. The Morgan fingerprint density at radius 3 is 2.61 bits per heavy atom. The number of rotatable bonds is 12. The molecule has 0 spiro atoms. The Balaban J connectivity index is 1.51. The topological polar surface area (TPSA) is 56.2 Å². The zero-order valence-electron chi connectivity index (χ0n) is 18.7. The number of aromatic nitrogens is 2. The number of ether oxygens (including phenoxy) is 1. The number of carbonyl (C=O) groups is 1. The van der Waals surface area contributed by atoms with Gasteiger partial charge in [0.15, 0.2) is 0 Å². The van der Waals surface area contributed by atoms with Crippen molar-refractivity contribution in [3.63, 3.8) is 0 Å². The first-order valence-corrected chi connectivity index (χ1v) is 11.2. The molecule has 1 N–H and O–H groups in total. The van der Waals surface area contributed by atoms with Crippen LogP contribution in [0.5, 0.6) is 5.75 Å². The highest BCUT2D eigenvalue weighted by Crippen LogP contribution is 2.18. The van der Waals surface area contributed by atoms with Gasteiger partial charge >= 0.3 is 0 Å². The molecular weight excluding hydrogens is 386 g/mol. The van der Waals surface area contributed by atoms with Crippen LogP contribution in [0.1, 0.15) is 44.5 Å². The largest absolute Gasteiger partial charge is 0.494 e. The minimum absolute atomic E-state index is 0.0853. The minimum atomic E-state index is -0.0853. The van der Waals surface area contributed by atoms with E-state index in [0.717, 1.165) is 55.7 Å². The van der Waals surface area contributed by atoms with Crippen molar-refractivity contribution in [3.05, 3.63) is 72.1 Å². The first kappa shape index (κ1) is 22.6. The van der Waals surface area contributed by atoms with Crippen LogP contribution in [-0.2, 0) is 24.2 Å². The standard InChI is InChI=1S/C26H33N3O2/c1-4-21-13-15-22(16-14-21)31-19-8-7-18-29-24-11-6-5-10-23(24)28-25(29)12-9-17-27-26(30)20(2)3/h5-6,10-11,13-16H,2,4,7-9,12,17-19H2,1,3H3,(H,27,30). The summed E-state index contributed by atoms with van der Waals surface area (Å²) in [5.41, 5.74) is 4.05. The second kappa shape index (κ2) is 11.3. The molecule has 31 heavy (non-hydrogen) atoms. The summed E-state index contributed by atoms with van der Waals surface area (Å²) < 4.78 is 8.20. The Labute approximate surface area is 185 Å². The van der Waals surface area contributed by atoms with Crippen molar-refractivity contribution in [2.24, 2.45) is 0 Å². The number of amides is 1. The lowest BCUT2D eigenvalue weighted by molar-refractivity contribution is -0.117. The Hall–Kier alpha value is -3.08. The third-order valence-corrected chi connectivity index (χ3v) is 5.36. The van der Waals surface area contributed by atoms with Gasteiger partial charge < -0.3 is 14.6 Å². The van der Waals surface area contributed by atoms with Crippen molar-refractivity contribution in [2.75, 3.05) is 13.2 Å². The fourth-order valence-electron chi connectivity index (χ4n) is 3.55. The number of imidazole rings is 1. The van der Waals surface area contributed by atoms with E-state index in [4.69, 9.17) is 9.72 Å². The lowest BCUT2D eigenvalue weighted by Gasteiger charge is -2.11. The molecule has 0 saturated heterocycles. The van der Waals surface area contributed by atoms with E-state index in [1.165, 1.54) is 11.1 Å². The lowest BCUT2D eigenvalue weighted by Crippen LogP contribution is -2.25. The molecule has 0 unspecified atom stereocenters. The summed E-state index contributed by atoms with van der Waals surface area (Å²) in [4.78, 5) is 16.5. The molecule has 164 valence electrons. The van der Waals surface area contributed by atoms with Crippen LogP contribution in [0.2, 0.25) is 0 Å². The van der Waals surface area contributed by atoms with Crippen LogP contribution in [0.15, 0.2) is 60.7 Å². The molecule has 5 nitrogen and oxygen atoms in total. The lowest BCUT2D eigenvalue weighted by atomic mass is 10.2. The monoisotopic (exact) mass is 419 g/mol. The minimum Gasteiger partial charge on any atom is -0.494 e. The van der Waals surface area contributed by atoms with Crippen molar-refractivity contribution in [1.29, 1.82) is 0 Å². The van der Waals surface area contributed by atoms with E-state index in [1.54, 1.807) is 6.92 Å². The van der Waals surface area contributed by atoms with Gasteiger partial charge in [-0.2, -0.15) is 0 Å². The van der Waals surface area contributed by atoms with E-state index in [0.29, 0.717) is 18.7 Å². The molecule has 3 aromatic rings. The maximum Gasteiger partial charge on any atom is 0.246 e. The molecule has 1 amide bonds. The van der Waals surface area contributed by atoms with Crippen molar-refractivity contribution >= 4 is 16.9 Å². The Morgan fingerprint density at radius 2 is 1.87 bits per heavy atom. The summed E-state index contributed by atoms with van der Waals surface area (Å²) in [5, 5.41) is 2.90. The van der Waals surface area contributed by atoms with E-state index < -0.39 is 0 Å². The molecular formula is C26H33N3O2. The number of aryl methyl sites for hydroxylation is 3. The average Bonchev–Trinajstić information content (AvgIpc) is 3.14. The van der Waals surface area contributed by atoms with Gasteiger partial charge in [0.2, 0.25) is 5.91 Å². The van der Waals surface area contributed by atoms with Gasteiger partial charge in [0.05, 0.1) is 17.6 Å². The summed E-state index contributed by atoms with van der Waals surface area (Å²) in [6.07, 6.45) is 4.72. The molecule has 3 rings (SSSR count). The van der Waals surface area contributed by atoms with Crippen LogP contribution >= 0.6 is 0 Å². The Kier molecular flexibility index (Phi) is 8.27. The highest BCUT2D eigenvalue weighted by molar-refractivity contribution is 5.92. The molecule has 0 atom stereocenters. The zero-order valence-corrected chi connectivity index (χ0v) is 18.7. The average molecular weight is 420 g/mol. The molecule has 0 aliphatic carbocycles. The molecule has 0 saturated carbocycles. The van der Waals surface area contributed by atoms with Crippen molar-refractivity contribution < 1.29 is 9.53 Å². The summed E-state index contributed by atoms with van der Waals surface area (Å²) in [5.74, 6) is 1.92. The van der Waals surface area contributed by atoms with Crippen molar-refractivity contribution in [1.82, 2.24) is 14.9 Å². The number of unbranched alkanes of at least 4 members (excludes halogenated alkanes) is 1. The van der Waals surface area contributed by atoms with Gasteiger partial charge in [-0.15, -0.1) is 0 Å². The van der Waals surface area contributed by atoms with Gasteiger partial charge in [-0.05, 0) is 62.4 Å². The van der Waals surface area contributed by atoms with Gasteiger partial charge in [0.1, 0.15) is 11.6 Å². The van der Waals surface area contributed by atoms with Gasteiger partial charge in [-0.1, -0.05) is 37.8 Å². The van der Waals surface area contributed by atoms with E-state index in [9.17, 15) is 4.79 Å². The normalized spacial score (nSPS) is 10.9. The maximum atomic E-state index is 11.7. The fraction of sp³-hybridized carbons (Fsp3) is 0.385. The van der Waals surface area contributed by atoms with E-state index in [-0.39, 0.29) is 5.91 Å². The highest BCUT2D eigenvalue weighted by Gasteiger charge is 2.10. The Morgan fingerprint density at radius 1 is 1.10 bits per heavy atom. The second-order valence-electron chi connectivity index (χ2n) is 7.86. The molecule has 5 heteroatoms. The second-order valence-corrected chi connectivity index (χ2v) is 7.86. The number of benzene rings is 2. The molecule has 0 radical (unpaired) electrons. The number of hydrogen-bond acceptors (Lipinski definition) is 3. The zero-order chi connectivity index (χ0) is 22.1. The number of carbonyl (C=O) groups excluding carboxylic acids is 1. The quantitative estimate of drug-likeness (QED) is 0.329. The van der Waals surface area contributed by atoms with E-state index in [1.807, 2.05) is 18.2 Å². The number of para-hydroxylation sites is 2. The molecule has 0 bridgehead atoms. The smallest absolute Gasteiger partial charge is 0.246 e. The van der Waals surface area contributed by atoms with Gasteiger partial charge in [-0.3, -0.25) is 4.79 Å². The van der Waals surface area contributed by atoms with Crippen LogP contribution < -0.4 is 10.1 Å². The third kappa shape index (κ3) is 6.45. The fourth-order valence-corrected chi connectivity index (χ4v) is 3.55. The predicted molar refractivity (Wildman–Crippen MR) is 126 cm³/mol. The number of nitrogens with zero attached hydrogens (tertiary/aromatic N) is 2. The first-order valence-electron chi connectivity index (χ1n) is 11.2. The SMILES string of the molecule is C=C(C)C(=O)NCCCc1nc2ccccc2n1CCCCOc1ccc(CC)cc1. The van der Waals surface area contributed by atoms with Crippen LogP contribution in [-0.4, -0.2) is 28.6 Å². The van der Waals surface area contributed by atoms with Crippen LogP contribution in [0, 0.1) is 0 Å². The Bertz CT molecular complexity index is 1010. The highest BCUT2D eigenvalue weighted by atomic mass is 16.5. The molecule has 1 heterocycles. The van der Waals surface area contributed by atoms with Crippen LogP contribution in [0.4, 0.5) is 0 Å². The van der Waals surface area contributed by atoms with Gasteiger partial charge in [-0.25, -0.2) is 4.98 Å². The molecule has 2 aromatic carbocycles. The van der Waals surface area contributed by atoms with E-state index >= 15 is 0 Å². The van der Waals surface area contributed by atoms with Gasteiger partial charge in [0.25, 0.3) is 0 Å². The van der Waals surface area contributed by atoms with E-state index in [2.05, 4.69) is 53.7 Å². The van der Waals surface area contributed by atoms with Crippen LogP contribution in [0.25, 0.3) is 11.0 Å². The summed E-state index contributed by atoms with van der Waals surface area (Å²) in [7, 11) is 0. The molecule has 0 fully saturated rings. The first-order chi connectivity index (χ1) is 15.1. The van der Waals surface area contributed by atoms with Gasteiger partial charge in [0, 0.05) is 25.1 Å². The number of nitrogens with one attached hydrogen (secondary N) is 1.